The van der Waals surface area contributed by atoms with Crippen molar-refractivity contribution in [1.29, 1.82) is 0 Å². The Bertz CT molecular complexity index is 1320. The molecule has 52 heavy (non-hydrogen) atoms. The molecule has 0 unspecified atom stereocenters. The fourth-order valence-electron chi connectivity index (χ4n) is 4.04. The number of nitrogens with one attached hydrogen (secondary N) is 1. The maximum atomic E-state index is 12.8. The van der Waals surface area contributed by atoms with Crippen LogP contribution in [-0.2, 0) is 42.8 Å². The highest BCUT2D eigenvalue weighted by molar-refractivity contribution is 5.80. The molecule has 0 aliphatic heterocycles. The zero-order valence-electron chi connectivity index (χ0n) is 29.6. The molecule has 20 heteroatoms. The summed E-state index contributed by atoms with van der Waals surface area (Å²) < 4.78 is 38.5. The molecule has 288 valence electrons. The molecule has 2 aromatic rings. The van der Waals surface area contributed by atoms with Crippen LogP contribution in [0.4, 0.5) is 0 Å². The largest absolute Gasteiger partial charge is 0.491 e. The molecule has 0 saturated carbocycles. The molecule has 0 aliphatic carbocycles. The minimum absolute atomic E-state index is 0.120. The highest BCUT2D eigenvalue weighted by Crippen LogP contribution is 2.18. The second kappa shape index (κ2) is 29.1. The quantitative estimate of drug-likeness (QED) is 0.0464. The topological polar surface area (TPSA) is 252 Å². The zero-order chi connectivity index (χ0) is 37.5. The maximum absolute atomic E-state index is 12.8. The Morgan fingerprint density at radius 2 is 1.29 bits per heavy atom. The molecule has 1 aromatic carbocycles. The maximum Gasteiger partial charge on any atom is 0.303 e. The summed E-state index contributed by atoms with van der Waals surface area (Å²) in [5, 5.41) is 30.6. The second-order valence-corrected chi connectivity index (χ2v) is 10.6. The minimum atomic E-state index is -1.06. The van der Waals surface area contributed by atoms with Crippen LogP contribution >= 0.6 is 0 Å². The van der Waals surface area contributed by atoms with Crippen molar-refractivity contribution in [2.75, 3.05) is 112 Å². The molecular weight excluding hydrogens is 686 g/mol. The number of carbonyl (C=O) groups is 3. The lowest BCUT2D eigenvalue weighted by atomic mass is 10.2. The molecular formula is C32H49N9O11. The number of carboxylic acid groups (broad SMARTS) is 1. The van der Waals surface area contributed by atoms with Gasteiger partial charge in [-0.3, -0.25) is 14.4 Å². The van der Waals surface area contributed by atoms with Crippen LogP contribution in [0.3, 0.4) is 0 Å². The highest BCUT2D eigenvalue weighted by atomic mass is 16.6. The molecule has 2 rings (SSSR count). The highest BCUT2D eigenvalue weighted by Gasteiger charge is 2.14. The van der Waals surface area contributed by atoms with Crippen molar-refractivity contribution in [2.45, 2.75) is 26.2 Å². The molecule has 1 heterocycles. The van der Waals surface area contributed by atoms with Crippen molar-refractivity contribution in [3.8, 4) is 17.1 Å². The van der Waals surface area contributed by atoms with E-state index >= 15 is 0 Å². The monoisotopic (exact) mass is 735 g/mol. The summed E-state index contributed by atoms with van der Waals surface area (Å²) in [6.07, 6.45) is -0.287. The number of hydrogen-bond acceptors (Lipinski definition) is 15. The first-order chi connectivity index (χ1) is 25.4. The summed E-state index contributed by atoms with van der Waals surface area (Å²) in [5.41, 5.74) is 9.05. The van der Waals surface area contributed by atoms with Gasteiger partial charge in [0.25, 0.3) is 0 Å². The third-order valence-electron chi connectivity index (χ3n) is 6.66. The lowest BCUT2D eigenvalue weighted by molar-refractivity contribution is -0.138. The van der Waals surface area contributed by atoms with Crippen LogP contribution in [-0.4, -0.2) is 160 Å². The Hall–Kier alpha value is -4.56. The number of carbonyl (C=O) groups excluding carboxylic acids is 2. The van der Waals surface area contributed by atoms with E-state index in [0.717, 1.165) is 5.56 Å². The smallest absolute Gasteiger partial charge is 0.303 e. The average Bonchev–Trinajstić information content (AvgIpc) is 3.14. The average molecular weight is 736 g/mol. The van der Waals surface area contributed by atoms with Crippen LogP contribution in [0.5, 0.6) is 5.75 Å². The number of benzene rings is 1. The van der Waals surface area contributed by atoms with E-state index in [1.165, 1.54) is 0 Å². The van der Waals surface area contributed by atoms with Crippen molar-refractivity contribution in [2.24, 2.45) is 5.11 Å². The van der Waals surface area contributed by atoms with Gasteiger partial charge in [0.05, 0.1) is 92.1 Å². The standard InChI is InChI=1S/C32H49N9O11/c1-26-36-38-32(39-37-26)27-2-4-28(5-3-27)52-25-24-51-23-22-50-21-20-49-19-16-46-13-8-30(43)41(11-9-34-29(42)6-7-31(44)45)12-15-48-18-17-47-14-10-35-40-33/h2-5H,6-25H2,1H3,(H,34,42)(H,44,45). The van der Waals surface area contributed by atoms with Gasteiger partial charge >= 0.3 is 5.97 Å². The predicted octanol–water partition coefficient (Wildman–Crippen LogP) is 1.23. The SMILES string of the molecule is Cc1nnc(-c2ccc(OCCOCCOCCOCCOCCC(=O)N(CCNC(=O)CCC(=O)O)CCOCCOCCN=[N+]=[N-])cc2)nn1. The fraction of sp³-hybridized carbons (Fsp3) is 0.656. The van der Waals surface area contributed by atoms with E-state index in [0.29, 0.717) is 83.5 Å². The zero-order valence-corrected chi connectivity index (χ0v) is 29.6. The molecule has 1 aromatic heterocycles. The van der Waals surface area contributed by atoms with E-state index in [2.05, 4.69) is 35.7 Å². The summed E-state index contributed by atoms with van der Waals surface area (Å²) in [7, 11) is 0. The van der Waals surface area contributed by atoms with Crippen molar-refractivity contribution >= 4 is 17.8 Å². The lowest BCUT2D eigenvalue weighted by Gasteiger charge is -2.23. The van der Waals surface area contributed by atoms with E-state index in [9.17, 15) is 14.4 Å². The first-order valence-electron chi connectivity index (χ1n) is 16.9. The van der Waals surface area contributed by atoms with Gasteiger partial charge < -0.3 is 48.5 Å². The molecule has 0 bridgehead atoms. The van der Waals surface area contributed by atoms with Gasteiger partial charge in [-0.25, -0.2) is 0 Å². The summed E-state index contributed by atoms with van der Waals surface area (Å²) >= 11 is 0. The fourth-order valence-corrected chi connectivity index (χ4v) is 4.04. The Balaban J connectivity index is 1.47. The normalized spacial score (nSPS) is 10.8. The third kappa shape index (κ3) is 22.3. The molecule has 2 amide bonds. The number of ether oxygens (including phenoxy) is 7. The number of carboxylic acids is 1. The number of nitrogens with zero attached hydrogens (tertiary/aromatic N) is 8. The van der Waals surface area contributed by atoms with Crippen LogP contribution in [0.2, 0.25) is 0 Å². The predicted molar refractivity (Wildman–Crippen MR) is 183 cm³/mol. The van der Waals surface area contributed by atoms with Crippen molar-refractivity contribution in [3.63, 3.8) is 0 Å². The molecule has 0 aliphatic rings. The lowest BCUT2D eigenvalue weighted by Crippen LogP contribution is -2.40. The molecule has 0 atom stereocenters. The van der Waals surface area contributed by atoms with E-state index in [1.54, 1.807) is 11.8 Å². The second-order valence-electron chi connectivity index (χ2n) is 10.6. The van der Waals surface area contributed by atoms with Crippen LogP contribution < -0.4 is 10.1 Å². The van der Waals surface area contributed by atoms with Gasteiger partial charge in [0.15, 0.2) is 5.82 Å². The molecule has 0 spiro atoms. The van der Waals surface area contributed by atoms with Crippen molar-refractivity contribution in [3.05, 3.63) is 40.5 Å². The van der Waals surface area contributed by atoms with Gasteiger partial charge in [-0.15, -0.1) is 20.4 Å². The summed E-state index contributed by atoms with van der Waals surface area (Å²) in [5.74, 6) is 0.00550. The van der Waals surface area contributed by atoms with E-state index in [4.69, 9.17) is 43.8 Å². The number of amides is 2. The number of hydrogen-bond donors (Lipinski definition) is 2. The van der Waals surface area contributed by atoms with E-state index in [-0.39, 0.29) is 71.2 Å². The van der Waals surface area contributed by atoms with Crippen molar-refractivity contribution in [1.82, 2.24) is 30.6 Å². The summed E-state index contributed by atoms with van der Waals surface area (Å²) in [6.45, 7) is 6.98. The van der Waals surface area contributed by atoms with Gasteiger partial charge in [-0.05, 0) is 36.7 Å². The molecule has 2 N–H and O–H groups in total. The molecule has 0 radical (unpaired) electrons. The third-order valence-corrected chi connectivity index (χ3v) is 6.66. The van der Waals surface area contributed by atoms with Gasteiger partial charge in [0.1, 0.15) is 12.4 Å². The molecule has 0 fully saturated rings. The van der Waals surface area contributed by atoms with E-state index in [1.807, 2.05) is 24.3 Å². The Labute approximate surface area is 302 Å². The Morgan fingerprint density at radius 3 is 1.88 bits per heavy atom. The van der Waals surface area contributed by atoms with Crippen molar-refractivity contribution < 1.29 is 52.6 Å². The van der Waals surface area contributed by atoms with Gasteiger partial charge in [0, 0.05) is 43.1 Å². The molecule has 0 saturated heterocycles. The summed E-state index contributed by atoms with van der Waals surface area (Å²) in [4.78, 5) is 39.5. The van der Waals surface area contributed by atoms with Gasteiger partial charge in [0.2, 0.25) is 17.6 Å². The Morgan fingerprint density at radius 1 is 0.731 bits per heavy atom. The van der Waals surface area contributed by atoms with Crippen LogP contribution in [0.1, 0.15) is 25.1 Å². The number of aliphatic carboxylic acids is 1. The minimum Gasteiger partial charge on any atom is -0.491 e. The van der Waals surface area contributed by atoms with E-state index < -0.39 is 11.9 Å². The van der Waals surface area contributed by atoms with Crippen LogP contribution in [0.25, 0.3) is 21.8 Å². The van der Waals surface area contributed by atoms with Crippen LogP contribution in [0, 0.1) is 6.92 Å². The summed E-state index contributed by atoms with van der Waals surface area (Å²) in [6, 6.07) is 7.31. The van der Waals surface area contributed by atoms with Gasteiger partial charge in [-0.1, -0.05) is 5.11 Å². The first kappa shape index (κ1) is 43.6. The Kier molecular flexibility index (Phi) is 24.4. The molecule has 20 nitrogen and oxygen atoms in total. The number of rotatable bonds is 32. The van der Waals surface area contributed by atoms with Crippen LogP contribution in [0.15, 0.2) is 29.4 Å². The number of aryl methyl sites for hydroxylation is 1. The van der Waals surface area contributed by atoms with Gasteiger partial charge in [-0.2, -0.15) is 0 Å². The number of aromatic nitrogens is 4. The number of azide groups is 1. The first-order valence-corrected chi connectivity index (χ1v) is 16.9.